The number of unbranched alkanes of at least 4 members (excludes halogenated alkanes) is 4. The van der Waals surface area contributed by atoms with Crippen LogP contribution in [0, 0.1) is 0 Å². The molecule has 1 N–H and O–H groups in total. The average molecular weight is 281 g/mol. The van der Waals surface area contributed by atoms with Crippen LogP contribution in [0.4, 0.5) is 0 Å². The summed E-state index contributed by atoms with van der Waals surface area (Å²) < 4.78 is 0. The summed E-state index contributed by atoms with van der Waals surface area (Å²) in [5, 5.41) is 2.61. The summed E-state index contributed by atoms with van der Waals surface area (Å²) in [5.41, 5.74) is 0.345. The molecule has 0 bridgehead atoms. The minimum atomic E-state index is -0.701. The zero-order chi connectivity index (χ0) is 15.5. The van der Waals surface area contributed by atoms with Gasteiger partial charge in [0.1, 0.15) is 0 Å². The zero-order valence-corrected chi connectivity index (χ0v) is 13.0. The van der Waals surface area contributed by atoms with E-state index >= 15 is 0 Å². The molecule has 4 nitrogen and oxygen atoms in total. The van der Waals surface area contributed by atoms with Gasteiger partial charge < -0.3 is 5.32 Å². The Balaban J connectivity index is 4.47. The molecule has 0 fully saturated rings. The van der Waals surface area contributed by atoms with E-state index in [1.54, 1.807) is 13.8 Å². The van der Waals surface area contributed by atoms with E-state index in [1.165, 1.54) is 6.42 Å². The van der Waals surface area contributed by atoms with Gasteiger partial charge >= 0.3 is 0 Å². The van der Waals surface area contributed by atoms with Gasteiger partial charge in [-0.2, -0.15) is 0 Å². The zero-order valence-electron chi connectivity index (χ0n) is 13.0. The third kappa shape index (κ3) is 7.22. The fraction of sp³-hybridized carbons (Fsp3) is 0.688. The second kappa shape index (κ2) is 10.4. The Kier molecular flexibility index (Phi) is 9.60. The second-order valence-electron chi connectivity index (χ2n) is 5.15. The molecule has 0 saturated carbocycles. The molecule has 20 heavy (non-hydrogen) atoms. The van der Waals surface area contributed by atoms with Gasteiger partial charge in [-0.15, -0.1) is 0 Å². The van der Waals surface area contributed by atoms with Crippen molar-refractivity contribution in [3.05, 3.63) is 12.2 Å². The summed E-state index contributed by atoms with van der Waals surface area (Å²) >= 11 is 0. The van der Waals surface area contributed by atoms with Gasteiger partial charge in [-0.05, 0) is 13.3 Å². The molecule has 0 aromatic carbocycles. The lowest BCUT2D eigenvalue weighted by molar-refractivity contribution is -0.138. The number of carbonyl (C=O) groups excluding carboxylic acids is 3. The van der Waals surface area contributed by atoms with Gasteiger partial charge in [0.25, 0.3) is 0 Å². The minimum absolute atomic E-state index is 0.175. The molecule has 4 heteroatoms. The van der Waals surface area contributed by atoms with Crippen LogP contribution in [0.3, 0.4) is 0 Å². The molecule has 0 heterocycles. The van der Waals surface area contributed by atoms with Gasteiger partial charge in [0.15, 0.2) is 5.78 Å². The van der Waals surface area contributed by atoms with Crippen molar-refractivity contribution in [2.75, 3.05) is 0 Å². The molecule has 0 radical (unpaired) electrons. The summed E-state index contributed by atoms with van der Waals surface area (Å²) in [6.45, 7) is 8.92. The van der Waals surface area contributed by atoms with Crippen molar-refractivity contribution in [3.63, 3.8) is 0 Å². The van der Waals surface area contributed by atoms with E-state index < -0.39 is 17.6 Å². The molecule has 0 spiro atoms. The molecule has 0 aromatic rings. The topological polar surface area (TPSA) is 63.2 Å². The van der Waals surface area contributed by atoms with E-state index in [-0.39, 0.29) is 12.3 Å². The van der Waals surface area contributed by atoms with Crippen molar-refractivity contribution in [1.29, 1.82) is 0 Å². The van der Waals surface area contributed by atoms with Crippen molar-refractivity contribution >= 4 is 17.5 Å². The lowest BCUT2D eigenvalue weighted by Crippen LogP contribution is -2.44. The highest BCUT2D eigenvalue weighted by Gasteiger charge is 2.25. The molecule has 0 aliphatic rings. The van der Waals surface area contributed by atoms with Crippen LogP contribution in [0.5, 0.6) is 0 Å². The van der Waals surface area contributed by atoms with Crippen LogP contribution < -0.4 is 5.32 Å². The molecule has 0 aromatic heterocycles. The van der Waals surface area contributed by atoms with Gasteiger partial charge in [-0.1, -0.05) is 52.5 Å². The number of nitrogens with one attached hydrogen (secondary N) is 1. The Morgan fingerprint density at radius 1 is 1.05 bits per heavy atom. The first kappa shape index (κ1) is 18.6. The molecule has 0 aliphatic carbocycles. The van der Waals surface area contributed by atoms with Crippen LogP contribution in [0.25, 0.3) is 0 Å². The lowest BCUT2D eigenvalue weighted by atomic mass is 9.99. The highest BCUT2D eigenvalue weighted by molar-refractivity contribution is 6.39. The van der Waals surface area contributed by atoms with Crippen LogP contribution in [-0.2, 0) is 14.4 Å². The van der Waals surface area contributed by atoms with E-state index in [9.17, 15) is 14.4 Å². The maximum Gasteiger partial charge on any atom is 0.246 e. The normalized spacial score (nSPS) is 11.8. The molecule has 0 saturated heterocycles. The first-order chi connectivity index (χ1) is 9.43. The lowest BCUT2D eigenvalue weighted by Gasteiger charge is -2.16. The minimum Gasteiger partial charge on any atom is -0.342 e. The summed E-state index contributed by atoms with van der Waals surface area (Å²) in [6, 6.07) is -0.701. The summed E-state index contributed by atoms with van der Waals surface area (Å²) in [7, 11) is 0. The van der Waals surface area contributed by atoms with E-state index in [0.717, 1.165) is 25.7 Å². The maximum atomic E-state index is 12.0. The second-order valence-corrected chi connectivity index (χ2v) is 5.15. The maximum absolute atomic E-state index is 12.0. The average Bonchev–Trinajstić information content (AvgIpc) is 2.43. The highest BCUT2D eigenvalue weighted by atomic mass is 16.2. The van der Waals surface area contributed by atoms with Crippen LogP contribution in [-0.4, -0.2) is 23.5 Å². The van der Waals surface area contributed by atoms with Gasteiger partial charge in [0, 0.05) is 12.0 Å². The number of Topliss-reactive ketones (excluding diaryl/α,β-unsaturated/α-hetero) is 2. The van der Waals surface area contributed by atoms with Gasteiger partial charge in [-0.25, -0.2) is 0 Å². The number of carbonyl (C=O) groups is 3. The quantitative estimate of drug-likeness (QED) is 0.360. The summed E-state index contributed by atoms with van der Waals surface area (Å²) in [6.07, 6.45) is 5.99. The van der Waals surface area contributed by atoms with Crippen LogP contribution in [0.15, 0.2) is 12.2 Å². The Bertz CT molecular complexity index is 361. The number of rotatable bonds is 11. The van der Waals surface area contributed by atoms with Gasteiger partial charge in [0.2, 0.25) is 11.7 Å². The van der Waals surface area contributed by atoms with Crippen molar-refractivity contribution in [2.45, 2.75) is 71.8 Å². The van der Waals surface area contributed by atoms with Crippen LogP contribution >= 0.6 is 0 Å². The predicted molar refractivity (Wildman–Crippen MR) is 80.4 cm³/mol. The van der Waals surface area contributed by atoms with Gasteiger partial charge in [-0.3, -0.25) is 14.4 Å². The molecule has 0 rings (SSSR count). The Labute approximate surface area is 122 Å². The van der Waals surface area contributed by atoms with Crippen LogP contribution in [0.1, 0.15) is 65.7 Å². The van der Waals surface area contributed by atoms with E-state index in [2.05, 4.69) is 18.8 Å². The van der Waals surface area contributed by atoms with Crippen molar-refractivity contribution in [2.24, 2.45) is 0 Å². The smallest absolute Gasteiger partial charge is 0.246 e. The first-order valence-corrected chi connectivity index (χ1v) is 7.47. The predicted octanol–water partition coefficient (Wildman–Crippen LogP) is 2.96. The molecule has 0 aliphatic heterocycles. The number of hydrogen-bond acceptors (Lipinski definition) is 3. The molecule has 1 unspecified atom stereocenters. The van der Waals surface area contributed by atoms with E-state index in [1.807, 2.05) is 0 Å². The molecule has 114 valence electrons. The summed E-state index contributed by atoms with van der Waals surface area (Å²) in [5.74, 6) is -1.27. The number of amides is 1. The van der Waals surface area contributed by atoms with Crippen LogP contribution in [0.2, 0.25) is 0 Å². The van der Waals surface area contributed by atoms with Crippen molar-refractivity contribution in [3.8, 4) is 0 Å². The largest absolute Gasteiger partial charge is 0.342 e. The molecule has 1 atom stereocenters. The fourth-order valence-electron chi connectivity index (χ4n) is 1.87. The molecule has 1 amide bonds. The first-order valence-electron chi connectivity index (χ1n) is 7.47. The summed E-state index contributed by atoms with van der Waals surface area (Å²) in [4.78, 5) is 35.1. The Hall–Kier alpha value is -1.45. The molecular weight excluding hydrogens is 254 g/mol. The SMILES string of the molecule is C=C(C)C(=O)NC(CCCCCCC)C(=O)C(=O)CC. The van der Waals surface area contributed by atoms with E-state index in [0.29, 0.717) is 12.0 Å². The Morgan fingerprint density at radius 2 is 1.65 bits per heavy atom. The van der Waals surface area contributed by atoms with Gasteiger partial charge in [0.05, 0.1) is 6.04 Å². The number of hydrogen-bond donors (Lipinski definition) is 1. The monoisotopic (exact) mass is 281 g/mol. The van der Waals surface area contributed by atoms with Crippen molar-refractivity contribution in [1.82, 2.24) is 5.32 Å². The molecular formula is C16H27NO3. The fourth-order valence-corrected chi connectivity index (χ4v) is 1.87. The third-order valence-electron chi connectivity index (χ3n) is 3.20. The Morgan fingerprint density at radius 3 is 2.15 bits per heavy atom. The highest BCUT2D eigenvalue weighted by Crippen LogP contribution is 2.09. The number of ketones is 2. The standard InChI is InChI=1S/C16H27NO3/c1-5-7-8-9-10-11-13(15(19)14(18)6-2)17-16(20)12(3)4/h13H,3,5-11H2,1-2,4H3,(H,17,20). The third-order valence-corrected chi connectivity index (χ3v) is 3.20. The van der Waals surface area contributed by atoms with E-state index in [4.69, 9.17) is 0 Å². The van der Waals surface area contributed by atoms with Crippen molar-refractivity contribution < 1.29 is 14.4 Å².